The fourth-order valence-corrected chi connectivity index (χ4v) is 2.90. The molecule has 1 aliphatic rings. The molecule has 0 bridgehead atoms. The van der Waals surface area contributed by atoms with E-state index in [-0.39, 0.29) is 5.52 Å². The molecule has 0 saturated heterocycles. The van der Waals surface area contributed by atoms with E-state index in [2.05, 4.69) is 20.1 Å². The Morgan fingerprint density at radius 1 is 1.18 bits per heavy atom. The van der Waals surface area contributed by atoms with Gasteiger partial charge in [-0.1, -0.05) is 6.42 Å². The van der Waals surface area contributed by atoms with Crippen LogP contribution in [-0.2, 0) is 6.54 Å². The second-order valence-corrected chi connectivity index (χ2v) is 5.70. The Hall–Kier alpha value is -2.70. The van der Waals surface area contributed by atoms with Gasteiger partial charge in [-0.05, 0) is 30.9 Å². The highest BCUT2D eigenvalue weighted by Crippen LogP contribution is 2.31. The molecule has 2 N–H and O–H groups in total. The predicted octanol–water partition coefficient (Wildman–Crippen LogP) is 1.27. The van der Waals surface area contributed by atoms with E-state index in [1.807, 2.05) is 16.8 Å². The number of nitrogens with zero attached hydrogens (tertiary/aromatic N) is 3. The van der Waals surface area contributed by atoms with E-state index in [0.717, 1.165) is 17.8 Å². The molecule has 0 radical (unpaired) electrons. The highest BCUT2D eigenvalue weighted by Gasteiger charge is 2.23. The summed E-state index contributed by atoms with van der Waals surface area (Å²) in [5.74, 6) is 0.584. The van der Waals surface area contributed by atoms with Gasteiger partial charge in [-0.15, -0.1) is 0 Å². The number of aromatic amines is 2. The molecule has 1 aliphatic carbocycles. The van der Waals surface area contributed by atoms with E-state index in [9.17, 15) is 9.59 Å². The Kier molecular flexibility index (Phi) is 2.92. The van der Waals surface area contributed by atoms with E-state index >= 15 is 0 Å². The quantitative estimate of drug-likeness (QED) is 0.761. The maximum absolute atomic E-state index is 12.0. The molecule has 7 nitrogen and oxygen atoms in total. The van der Waals surface area contributed by atoms with Crippen LogP contribution in [0, 0.1) is 5.92 Å². The summed E-state index contributed by atoms with van der Waals surface area (Å²) < 4.78 is 1.84. The Bertz CT molecular complexity index is 934. The second-order valence-electron chi connectivity index (χ2n) is 5.70. The van der Waals surface area contributed by atoms with E-state index in [4.69, 9.17) is 0 Å². The number of H-pyrrole nitrogens is 2. The second kappa shape index (κ2) is 4.94. The summed E-state index contributed by atoms with van der Waals surface area (Å²) in [7, 11) is 0. The molecule has 3 aromatic heterocycles. The maximum Gasteiger partial charge on any atom is 0.326 e. The van der Waals surface area contributed by atoms with Gasteiger partial charge in [0.15, 0.2) is 5.52 Å². The van der Waals surface area contributed by atoms with E-state index in [1.165, 1.54) is 19.3 Å². The van der Waals surface area contributed by atoms with Crippen molar-refractivity contribution in [2.75, 3.05) is 0 Å². The minimum absolute atomic E-state index is 0.269. The first-order valence-corrected chi connectivity index (χ1v) is 7.36. The van der Waals surface area contributed by atoms with Crippen LogP contribution < -0.4 is 11.2 Å². The number of rotatable bonds is 3. The summed E-state index contributed by atoms with van der Waals surface area (Å²) in [4.78, 5) is 32.6. The lowest BCUT2D eigenvalue weighted by atomic mass is 9.85. The first-order chi connectivity index (χ1) is 10.7. The van der Waals surface area contributed by atoms with Gasteiger partial charge in [0.2, 0.25) is 0 Å². The molecule has 0 aromatic carbocycles. The molecule has 1 fully saturated rings. The summed E-state index contributed by atoms with van der Waals surface area (Å²) >= 11 is 0. The standard InChI is InChI=1S/C15H15N5O2/c21-14-12-11(17-15(22)18-14)13(10-4-6-16-7-5-10)20(19-12)8-9-2-1-3-9/h4-7,9H,1-3,8H2,(H2,17,18,21,22). The normalized spacial score (nSPS) is 15.1. The van der Waals surface area contributed by atoms with Crippen LogP contribution >= 0.6 is 0 Å². The Morgan fingerprint density at radius 3 is 2.64 bits per heavy atom. The molecule has 1 saturated carbocycles. The van der Waals surface area contributed by atoms with Gasteiger partial charge in [0.05, 0.1) is 5.69 Å². The van der Waals surface area contributed by atoms with Crippen LogP contribution in [0.3, 0.4) is 0 Å². The topological polar surface area (TPSA) is 96.4 Å². The average Bonchev–Trinajstić information content (AvgIpc) is 2.82. The van der Waals surface area contributed by atoms with Crippen molar-refractivity contribution in [3.8, 4) is 11.3 Å². The molecule has 22 heavy (non-hydrogen) atoms. The molecule has 0 atom stereocenters. The molecular weight excluding hydrogens is 282 g/mol. The summed E-state index contributed by atoms with van der Waals surface area (Å²) in [5, 5.41) is 4.43. The number of hydrogen-bond acceptors (Lipinski definition) is 4. The van der Waals surface area contributed by atoms with Gasteiger partial charge in [-0.3, -0.25) is 19.4 Å². The van der Waals surface area contributed by atoms with Gasteiger partial charge in [0, 0.05) is 24.5 Å². The van der Waals surface area contributed by atoms with Crippen molar-refractivity contribution in [1.29, 1.82) is 0 Å². The van der Waals surface area contributed by atoms with Crippen LogP contribution in [0.25, 0.3) is 22.3 Å². The van der Waals surface area contributed by atoms with Gasteiger partial charge in [0.1, 0.15) is 5.52 Å². The van der Waals surface area contributed by atoms with Crippen LogP contribution in [-0.4, -0.2) is 24.7 Å². The Balaban J connectivity index is 1.98. The third-order valence-corrected chi connectivity index (χ3v) is 4.24. The SMILES string of the molecule is O=c1[nH]c(=O)c2nn(CC3CCC3)c(-c3ccncc3)c2[nH]1. The van der Waals surface area contributed by atoms with Crippen molar-refractivity contribution in [2.24, 2.45) is 5.92 Å². The van der Waals surface area contributed by atoms with Crippen molar-refractivity contribution >= 4 is 11.0 Å². The van der Waals surface area contributed by atoms with Crippen LogP contribution in [0.5, 0.6) is 0 Å². The fraction of sp³-hybridized carbons (Fsp3) is 0.333. The summed E-state index contributed by atoms with van der Waals surface area (Å²) in [6.07, 6.45) is 6.98. The lowest BCUT2D eigenvalue weighted by Gasteiger charge is -2.25. The van der Waals surface area contributed by atoms with Gasteiger partial charge in [0.25, 0.3) is 5.56 Å². The van der Waals surface area contributed by atoms with Crippen LogP contribution in [0.4, 0.5) is 0 Å². The lowest BCUT2D eigenvalue weighted by molar-refractivity contribution is 0.268. The van der Waals surface area contributed by atoms with Crippen LogP contribution in [0.2, 0.25) is 0 Å². The maximum atomic E-state index is 12.0. The molecular formula is C15H15N5O2. The predicted molar refractivity (Wildman–Crippen MR) is 81.5 cm³/mol. The van der Waals surface area contributed by atoms with Crippen LogP contribution in [0.15, 0.2) is 34.1 Å². The highest BCUT2D eigenvalue weighted by atomic mass is 16.2. The number of nitrogens with one attached hydrogen (secondary N) is 2. The largest absolute Gasteiger partial charge is 0.326 e. The molecule has 0 unspecified atom stereocenters. The third-order valence-electron chi connectivity index (χ3n) is 4.24. The first kappa shape index (κ1) is 13.0. The zero-order valence-electron chi connectivity index (χ0n) is 11.9. The smallest absolute Gasteiger partial charge is 0.304 e. The molecule has 3 heterocycles. The molecule has 4 rings (SSSR count). The first-order valence-electron chi connectivity index (χ1n) is 7.36. The van der Waals surface area contributed by atoms with Crippen molar-refractivity contribution in [1.82, 2.24) is 24.7 Å². The molecule has 0 aliphatic heterocycles. The molecule has 112 valence electrons. The number of fused-ring (bicyclic) bond motifs is 1. The monoisotopic (exact) mass is 297 g/mol. The minimum atomic E-state index is -0.518. The third kappa shape index (κ3) is 2.05. The zero-order valence-corrected chi connectivity index (χ0v) is 11.9. The zero-order chi connectivity index (χ0) is 15.1. The number of pyridine rings is 1. The summed E-state index contributed by atoms with van der Waals surface area (Å²) in [5.41, 5.74) is 1.44. The number of aromatic nitrogens is 5. The van der Waals surface area contributed by atoms with E-state index in [1.54, 1.807) is 12.4 Å². The Morgan fingerprint density at radius 2 is 1.95 bits per heavy atom. The molecule has 3 aromatic rings. The highest BCUT2D eigenvalue weighted by molar-refractivity contribution is 5.89. The van der Waals surface area contributed by atoms with E-state index < -0.39 is 11.2 Å². The molecule has 0 spiro atoms. The fourth-order valence-electron chi connectivity index (χ4n) is 2.90. The van der Waals surface area contributed by atoms with Gasteiger partial charge < -0.3 is 4.98 Å². The minimum Gasteiger partial charge on any atom is -0.304 e. The van der Waals surface area contributed by atoms with Gasteiger partial charge >= 0.3 is 5.69 Å². The van der Waals surface area contributed by atoms with Crippen molar-refractivity contribution in [3.63, 3.8) is 0 Å². The van der Waals surface area contributed by atoms with Gasteiger partial charge in [-0.25, -0.2) is 4.79 Å². The van der Waals surface area contributed by atoms with Crippen molar-refractivity contribution in [2.45, 2.75) is 25.8 Å². The summed E-state index contributed by atoms with van der Waals surface area (Å²) in [6.45, 7) is 0.758. The average molecular weight is 297 g/mol. The molecule has 7 heteroatoms. The van der Waals surface area contributed by atoms with E-state index in [0.29, 0.717) is 11.4 Å². The van der Waals surface area contributed by atoms with Gasteiger partial charge in [-0.2, -0.15) is 5.10 Å². The van der Waals surface area contributed by atoms with Crippen molar-refractivity contribution < 1.29 is 0 Å². The van der Waals surface area contributed by atoms with Crippen LogP contribution in [0.1, 0.15) is 19.3 Å². The van der Waals surface area contributed by atoms with Crippen molar-refractivity contribution in [3.05, 3.63) is 45.4 Å². The summed E-state index contributed by atoms with van der Waals surface area (Å²) in [6, 6.07) is 3.71. The molecule has 0 amide bonds. The Labute approximate surface area is 125 Å². The lowest BCUT2D eigenvalue weighted by Crippen LogP contribution is -2.21. The number of hydrogen-bond donors (Lipinski definition) is 2.